The van der Waals surface area contributed by atoms with E-state index >= 15 is 0 Å². The molecule has 0 saturated carbocycles. The van der Waals surface area contributed by atoms with Crippen molar-refractivity contribution in [3.63, 3.8) is 0 Å². The van der Waals surface area contributed by atoms with Crippen molar-refractivity contribution in [3.05, 3.63) is 0 Å². The van der Waals surface area contributed by atoms with E-state index in [9.17, 15) is 4.79 Å². The molecule has 1 atom stereocenters. The van der Waals surface area contributed by atoms with Gasteiger partial charge in [-0.3, -0.25) is 4.79 Å². The number of hydrogen-bond donors (Lipinski definition) is 2. The molecule has 1 unspecified atom stereocenters. The first-order valence-electron chi connectivity index (χ1n) is 7.30. The maximum Gasteiger partial charge on any atom is 0.236 e. The number of aliphatic hydroxyl groups is 1. The van der Waals surface area contributed by atoms with Crippen molar-refractivity contribution in [1.82, 2.24) is 10.2 Å². The van der Waals surface area contributed by atoms with Gasteiger partial charge in [0.1, 0.15) is 0 Å². The van der Waals surface area contributed by atoms with Crippen molar-refractivity contribution in [2.24, 2.45) is 11.8 Å². The van der Waals surface area contributed by atoms with E-state index in [4.69, 9.17) is 5.11 Å². The van der Waals surface area contributed by atoms with Gasteiger partial charge >= 0.3 is 0 Å². The largest absolute Gasteiger partial charge is 0.396 e. The molecule has 18 heavy (non-hydrogen) atoms. The summed E-state index contributed by atoms with van der Waals surface area (Å²) in [6, 6.07) is 0. The van der Waals surface area contributed by atoms with Crippen LogP contribution in [0.5, 0.6) is 0 Å². The summed E-state index contributed by atoms with van der Waals surface area (Å²) in [6.45, 7) is 7.54. The summed E-state index contributed by atoms with van der Waals surface area (Å²) in [6.07, 6.45) is 4.53. The molecule has 4 nitrogen and oxygen atoms in total. The Bertz CT molecular complexity index is 242. The molecular formula is C14H28N2O2. The van der Waals surface area contributed by atoms with Gasteiger partial charge in [0.2, 0.25) is 5.91 Å². The molecule has 1 saturated heterocycles. The molecule has 0 aliphatic carbocycles. The minimum atomic E-state index is 0.176. The van der Waals surface area contributed by atoms with Crippen LogP contribution in [-0.2, 0) is 4.79 Å². The Hall–Kier alpha value is -0.610. The zero-order chi connectivity index (χ0) is 13.4. The molecule has 1 rings (SSSR count). The van der Waals surface area contributed by atoms with Crippen LogP contribution in [-0.4, -0.2) is 48.7 Å². The predicted molar refractivity (Wildman–Crippen MR) is 73.3 cm³/mol. The van der Waals surface area contributed by atoms with E-state index in [0.717, 1.165) is 38.4 Å². The van der Waals surface area contributed by atoms with E-state index in [0.29, 0.717) is 12.5 Å². The summed E-state index contributed by atoms with van der Waals surface area (Å²) in [5.41, 5.74) is 0. The summed E-state index contributed by atoms with van der Waals surface area (Å²) >= 11 is 0. The number of carbonyl (C=O) groups excluding carboxylic acids is 1. The van der Waals surface area contributed by atoms with Crippen LogP contribution in [0.1, 0.15) is 39.5 Å². The quantitative estimate of drug-likeness (QED) is 0.643. The third-order valence-electron chi connectivity index (χ3n) is 4.06. The summed E-state index contributed by atoms with van der Waals surface area (Å²) in [5, 5.41) is 12.3. The number of hydrogen-bond acceptors (Lipinski definition) is 3. The molecule has 0 aromatic heterocycles. The maximum absolute atomic E-state index is 11.9. The Morgan fingerprint density at radius 2 is 2.17 bits per heavy atom. The van der Waals surface area contributed by atoms with Crippen LogP contribution in [0.15, 0.2) is 0 Å². The van der Waals surface area contributed by atoms with Gasteiger partial charge in [-0.15, -0.1) is 0 Å². The van der Waals surface area contributed by atoms with E-state index in [1.54, 1.807) is 0 Å². The van der Waals surface area contributed by atoms with Gasteiger partial charge in [-0.2, -0.15) is 0 Å². The van der Waals surface area contributed by atoms with Gasteiger partial charge in [0.25, 0.3) is 0 Å². The second kappa shape index (κ2) is 8.48. The molecule has 0 aromatic carbocycles. The lowest BCUT2D eigenvalue weighted by Crippen LogP contribution is -2.37. The molecule has 0 radical (unpaired) electrons. The zero-order valence-corrected chi connectivity index (χ0v) is 11.8. The average Bonchev–Trinajstić information content (AvgIpc) is 2.87. The van der Waals surface area contributed by atoms with Crippen LogP contribution >= 0.6 is 0 Å². The Labute approximate surface area is 111 Å². The van der Waals surface area contributed by atoms with E-state index in [2.05, 4.69) is 19.2 Å². The van der Waals surface area contributed by atoms with Gasteiger partial charge in [-0.05, 0) is 25.3 Å². The van der Waals surface area contributed by atoms with Crippen LogP contribution in [0.3, 0.4) is 0 Å². The van der Waals surface area contributed by atoms with Crippen LogP contribution in [0.25, 0.3) is 0 Å². The molecule has 2 N–H and O–H groups in total. The van der Waals surface area contributed by atoms with E-state index in [1.807, 2.05) is 4.90 Å². The van der Waals surface area contributed by atoms with Crippen molar-refractivity contribution in [3.8, 4) is 0 Å². The average molecular weight is 256 g/mol. The highest BCUT2D eigenvalue weighted by Crippen LogP contribution is 2.15. The van der Waals surface area contributed by atoms with Crippen molar-refractivity contribution in [2.75, 3.05) is 32.8 Å². The Morgan fingerprint density at radius 3 is 2.72 bits per heavy atom. The van der Waals surface area contributed by atoms with Crippen molar-refractivity contribution < 1.29 is 9.90 Å². The monoisotopic (exact) mass is 256 g/mol. The molecule has 1 fully saturated rings. The normalized spacial score (nSPS) is 19.8. The number of amides is 1. The second-order valence-electron chi connectivity index (χ2n) is 5.33. The second-order valence-corrected chi connectivity index (χ2v) is 5.33. The summed E-state index contributed by atoms with van der Waals surface area (Å²) < 4.78 is 0. The summed E-state index contributed by atoms with van der Waals surface area (Å²) in [5.74, 6) is 1.24. The fourth-order valence-electron chi connectivity index (χ4n) is 2.52. The lowest BCUT2D eigenvalue weighted by atomic mass is 10.00. The molecule has 1 heterocycles. The number of nitrogens with zero attached hydrogens (tertiary/aromatic N) is 1. The van der Waals surface area contributed by atoms with Gasteiger partial charge in [-0.1, -0.05) is 26.7 Å². The fraction of sp³-hybridized carbons (Fsp3) is 0.929. The number of rotatable bonds is 8. The molecular weight excluding hydrogens is 228 g/mol. The van der Waals surface area contributed by atoms with E-state index in [-0.39, 0.29) is 12.5 Å². The highest BCUT2D eigenvalue weighted by atomic mass is 16.3. The highest BCUT2D eigenvalue weighted by Gasteiger charge is 2.24. The van der Waals surface area contributed by atoms with Crippen molar-refractivity contribution in [2.45, 2.75) is 39.5 Å². The van der Waals surface area contributed by atoms with Gasteiger partial charge < -0.3 is 15.3 Å². The van der Waals surface area contributed by atoms with Crippen molar-refractivity contribution in [1.29, 1.82) is 0 Å². The third-order valence-corrected chi connectivity index (χ3v) is 4.06. The first-order chi connectivity index (χ1) is 8.71. The molecule has 1 aliphatic heterocycles. The first kappa shape index (κ1) is 15.4. The highest BCUT2D eigenvalue weighted by molar-refractivity contribution is 5.78. The SMILES string of the molecule is CCC(CC)CCNCC(=O)N1CCC(CO)C1. The van der Waals surface area contributed by atoms with Gasteiger partial charge in [0.15, 0.2) is 0 Å². The lowest BCUT2D eigenvalue weighted by molar-refractivity contribution is -0.129. The zero-order valence-electron chi connectivity index (χ0n) is 11.8. The van der Waals surface area contributed by atoms with Gasteiger partial charge in [0, 0.05) is 25.6 Å². The Kier molecular flexibility index (Phi) is 7.28. The number of nitrogens with one attached hydrogen (secondary N) is 1. The third kappa shape index (κ3) is 4.94. The Morgan fingerprint density at radius 1 is 1.44 bits per heavy atom. The smallest absolute Gasteiger partial charge is 0.236 e. The van der Waals surface area contributed by atoms with Gasteiger partial charge in [0.05, 0.1) is 6.54 Å². The van der Waals surface area contributed by atoms with Crippen LogP contribution < -0.4 is 5.32 Å². The maximum atomic E-state index is 11.9. The molecule has 1 aliphatic rings. The molecule has 0 spiro atoms. The molecule has 4 heteroatoms. The summed E-state index contributed by atoms with van der Waals surface area (Å²) in [4.78, 5) is 13.7. The predicted octanol–water partition coefficient (Wildman–Crippen LogP) is 1.24. The Balaban J connectivity index is 2.10. The summed E-state index contributed by atoms with van der Waals surface area (Å²) in [7, 11) is 0. The van der Waals surface area contributed by atoms with Crippen LogP contribution in [0.2, 0.25) is 0 Å². The standard InChI is InChI=1S/C14H28N2O2/c1-3-12(4-2)5-7-15-9-14(18)16-8-6-13(10-16)11-17/h12-13,15,17H,3-11H2,1-2H3. The van der Waals surface area contributed by atoms with Gasteiger partial charge in [-0.25, -0.2) is 0 Å². The van der Waals surface area contributed by atoms with E-state index < -0.39 is 0 Å². The lowest BCUT2D eigenvalue weighted by Gasteiger charge is -2.17. The molecule has 0 bridgehead atoms. The minimum Gasteiger partial charge on any atom is -0.396 e. The first-order valence-corrected chi connectivity index (χ1v) is 7.30. The fourth-order valence-corrected chi connectivity index (χ4v) is 2.52. The minimum absolute atomic E-state index is 0.176. The number of aliphatic hydroxyl groups excluding tert-OH is 1. The van der Waals surface area contributed by atoms with Crippen LogP contribution in [0, 0.1) is 11.8 Å². The van der Waals surface area contributed by atoms with Crippen LogP contribution in [0.4, 0.5) is 0 Å². The molecule has 0 aromatic rings. The van der Waals surface area contributed by atoms with E-state index in [1.165, 1.54) is 12.8 Å². The molecule has 1 amide bonds. The number of likely N-dealkylation sites (tertiary alicyclic amines) is 1. The van der Waals surface area contributed by atoms with Crippen molar-refractivity contribution >= 4 is 5.91 Å². The molecule has 106 valence electrons. The topological polar surface area (TPSA) is 52.6 Å². The number of carbonyl (C=O) groups is 1.